The standard InChI is InChI=1S/C15H13N3O6S/c1-23-10-5-8(3-4-9(10)14(21)22)7-16-18-15-17-13(20)11(25-15)6-12(19)24-2/h3-7H,1-2H3,(H,21,22)(H,17,18,20)/b11-6+,16-7?. The number of nitrogens with one attached hydrogen (secondary N) is 1. The maximum atomic E-state index is 11.6. The number of carbonyl (C=O) groups is 3. The van der Waals surface area contributed by atoms with Crippen molar-refractivity contribution in [1.82, 2.24) is 5.32 Å². The molecule has 9 nitrogen and oxygen atoms in total. The molecule has 0 aromatic heterocycles. The van der Waals surface area contributed by atoms with Crippen molar-refractivity contribution in [2.24, 2.45) is 10.2 Å². The number of esters is 1. The Bertz CT molecular complexity index is 815. The van der Waals surface area contributed by atoms with E-state index in [9.17, 15) is 14.4 Å². The zero-order valence-electron chi connectivity index (χ0n) is 13.2. The molecule has 2 N–H and O–H groups in total. The van der Waals surface area contributed by atoms with Gasteiger partial charge in [0.05, 0.1) is 25.3 Å². The monoisotopic (exact) mass is 363 g/mol. The van der Waals surface area contributed by atoms with Crippen LogP contribution in [0.1, 0.15) is 15.9 Å². The largest absolute Gasteiger partial charge is 0.496 e. The molecule has 2 rings (SSSR count). The van der Waals surface area contributed by atoms with Crippen molar-refractivity contribution in [3.8, 4) is 5.75 Å². The summed E-state index contributed by atoms with van der Waals surface area (Å²) in [5.41, 5.74) is 0.591. The Morgan fingerprint density at radius 2 is 2.08 bits per heavy atom. The smallest absolute Gasteiger partial charge is 0.339 e. The maximum Gasteiger partial charge on any atom is 0.339 e. The van der Waals surface area contributed by atoms with Gasteiger partial charge in [0.25, 0.3) is 5.91 Å². The lowest BCUT2D eigenvalue weighted by molar-refractivity contribution is -0.135. The summed E-state index contributed by atoms with van der Waals surface area (Å²) >= 11 is 0.945. The Morgan fingerprint density at radius 1 is 1.32 bits per heavy atom. The number of amidine groups is 1. The number of aromatic carboxylic acids is 1. The summed E-state index contributed by atoms with van der Waals surface area (Å²) in [4.78, 5) is 34.0. The molecule has 10 heteroatoms. The SMILES string of the molecule is COC(=O)/C=C1/S/C(=N\N=Cc2ccc(C(=O)O)c(OC)c2)NC1=O. The van der Waals surface area contributed by atoms with Gasteiger partial charge in [-0.2, -0.15) is 5.10 Å². The molecule has 0 unspecified atom stereocenters. The van der Waals surface area contributed by atoms with E-state index in [1.807, 2.05) is 0 Å². The molecule has 0 saturated carbocycles. The first kappa shape index (κ1) is 18.2. The second-order valence-corrected chi connectivity index (χ2v) is 5.53. The summed E-state index contributed by atoms with van der Waals surface area (Å²) in [5, 5.41) is 19.3. The van der Waals surface area contributed by atoms with Crippen molar-refractivity contribution in [3.63, 3.8) is 0 Å². The third-order valence-corrected chi connectivity index (χ3v) is 3.81. The van der Waals surface area contributed by atoms with Crippen molar-refractivity contribution in [3.05, 3.63) is 40.3 Å². The Kier molecular flexibility index (Phi) is 5.90. The Hall–Kier alpha value is -3.14. The van der Waals surface area contributed by atoms with E-state index in [1.54, 1.807) is 6.07 Å². The van der Waals surface area contributed by atoms with Crippen LogP contribution < -0.4 is 10.1 Å². The minimum atomic E-state index is -1.10. The summed E-state index contributed by atoms with van der Waals surface area (Å²) in [6.45, 7) is 0. The molecule has 1 amide bonds. The number of carbonyl (C=O) groups excluding carboxylic acids is 2. The molecular formula is C15H13N3O6S. The van der Waals surface area contributed by atoms with Crippen molar-refractivity contribution in [2.75, 3.05) is 14.2 Å². The van der Waals surface area contributed by atoms with Crippen LogP contribution in [0.4, 0.5) is 0 Å². The van der Waals surface area contributed by atoms with Crippen LogP contribution >= 0.6 is 11.8 Å². The quantitative estimate of drug-likeness (QED) is 0.346. The van der Waals surface area contributed by atoms with Crippen LogP contribution in [0.15, 0.2) is 39.4 Å². The number of amides is 1. The van der Waals surface area contributed by atoms with Gasteiger partial charge in [-0.1, -0.05) is 6.07 Å². The summed E-state index contributed by atoms with van der Waals surface area (Å²) in [6, 6.07) is 4.42. The fourth-order valence-electron chi connectivity index (χ4n) is 1.75. The normalized spacial score (nSPS) is 17.1. The molecule has 130 valence electrons. The molecule has 0 radical (unpaired) electrons. The van der Waals surface area contributed by atoms with Crippen LogP contribution in [0.5, 0.6) is 5.75 Å². The molecule has 1 aromatic rings. The molecule has 0 bridgehead atoms. The predicted octanol–water partition coefficient (Wildman–Crippen LogP) is 1.00. The van der Waals surface area contributed by atoms with Crippen LogP contribution in [0, 0.1) is 0 Å². The number of rotatable bonds is 5. The van der Waals surface area contributed by atoms with Gasteiger partial charge in [-0.15, -0.1) is 5.10 Å². The van der Waals surface area contributed by atoms with Crippen LogP contribution in [-0.2, 0) is 14.3 Å². The van der Waals surface area contributed by atoms with E-state index < -0.39 is 17.8 Å². The van der Waals surface area contributed by atoms with E-state index in [1.165, 1.54) is 32.6 Å². The van der Waals surface area contributed by atoms with Crippen LogP contribution in [0.25, 0.3) is 0 Å². The first-order chi connectivity index (χ1) is 11.9. The van der Waals surface area contributed by atoms with Crippen LogP contribution in [0.2, 0.25) is 0 Å². The minimum Gasteiger partial charge on any atom is -0.496 e. The van der Waals surface area contributed by atoms with Gasteiger partial charge in [-0.3, -0.25) is 10.1 Å². The molecular weight excluding hydrogens is 350 g/mol. The molecule has 25 heavy (non-hydrogen) atoms. The number of benzene rings is 1. The van der Waals surface area contributed by atoms with Crippen LogP contribution in [0.3, 0.4) is 0 Å². The molecule has 0 atom stereocenters. The van der Waals surface area contributed by atoms with E-state index >= 15 is 0 Å². The maximum absolute atomic E-state index is 11.6. The van der Waals surface area contributed by atoms with Gasteiger partial charge in [0.15, 0.2) is 5.17 Å². The highest BCUT2D eigenvalue weighted by molar-refractivity contribution is 8.18. The summed E-state index contributed by atoms with van der Waals surface area (Å²) in [7, 11) is 2.57. The number of ether oxygens (including phenoxy) is 2. The van der Waals surface area contributed by atoms with Crippen molar-refractivity contribution in [1.29, 1.82) is 0 Å². The molecule has 1 saturated heterocycles. The first-order valence-electron chi connectivity index (χ1n) is 6.75. The second kappa shape index (κ2) is 8.11. The lowest BCUT2D eigenvalue weighted by atomic mass is 10.1. The van der Waals surface area contributed by atoms with Gasteiger partial charge in [0.1, 0.15) is 11.3 Å². The lowest BCUT2D eigenvalue weighted by Crippen LogP contribution is -2.19. The number of nitrogens with zero attached hydrogens (tertiary/aromatic N) is 2. The van der Waals surface area contributed by atoms with Gasteiger partial charge in [0, 0.05) is 6.08 Å². The molecule has 1 aliphatic rings. The van der Waals surface area contributed by atoms with E-state index in [0.717, 1.165) is 17.8 Å². The molecule has 1 aliphatic heterocycles. The Balaban J connectivity index is 2.12. The molecule has 1 heterocycles. The number of carboxylic acids is 1. The summed E-state index contributed by atoms with van der Waals surface area (Å²) < 4.78 is 9.46. The zero-order chi connectivity index (χ0) is 18.4. The Morgan fingerprint density at radius 3 is 2.72 bits per heavy atom. The van der Waals surface area contributed by atoms with Crippen LogP contribution in [-0.4, -0.2) is 48.6 Å². The van der Waals surface area contributed by atoms with Gasteiger partial charge < -0.3 is 14.6 Å². The van der Waals surface area contributed by atoms with Crippen molar-refractivity contribution in [2.45, 2.75) is 0 Å². The molecule has 0 aliphatic carbocycles. The number of hydrogen-bond donors (Lipinski definition) is 2. The fraction of sp³-hybridized carbons (Fsp3) is 0.133. The highest BCUT2D eigenvalue weighted by atomic mass is 32.2. The average molecular weight is 363 g/mol. The highest BCUT2D eigenvalue weighted by Crippen LogP contribution is 2.23. The lowest BCUT2D eigenvalue weighted by Gasteiger charge is -2.04. The number of hydrogen-bond acceptors (Lipinski definition) is 8. The third-order valence-electron chi connectivity index (χ3n) is 2.91. The van der Waals surface area contributed by atoms with E-state index in [-0.39, 0.29) is 21.4 Å². The van der Waals surface area contributed by atoms with Crippen molar-refractivity contribution >= 4 is 41.0 Å². The average Bonchev–Trinajstić information content (AvgIpc) is 2.93. The highest BCUT2D eigenvalue weighted by Gasteiger charge is 2.25. The topological polar surface area (TPSA) is 127 Å². The minimum absolute atomic E-state index is 0.0298. The molecule has 1 aromatic carbocycles. The van der Waals surface area contributed by atoms with E-state index in [2.05, 4.69) is 20.3 Å². The van der Waals surface area contributed by atoms with Gasteiger partial charge in [-0.05, 0) is 29.5 Å². The van der Waals surface area contributed by atoms with Gasteiger partial charge >= 0.3 is 11.9 Å². The van der Waals surface area contributed by atoms with Crippen molar-refractivity contribution < 1.29 is 29.0 Å². The van der Waals surface area contributed by atoms with E-state index in [0.29, 0.717) is 5.56 Å². The summed E-state index contributed by atoms with van der Waals surface area (Å²) in [5.74, 6) is -2.03. The number of carboxylic acid groups (broad SMARTS) is 1. The summed E-state index contributed by atoms with van der Waals surface area (Å²) in [6.07, 6.45) is 2.43. The van der Waals surface area contributed by atoms with E-state index in [4.69, 9.17) is 9.84 Å². The molecule has 1 fully saturated rings. The van der Waals surface area contributed by atoms with Gasteiger partial charge in [-0.25, -0.2) is 9.59 Å². The fourth-order valence-corrected chi connectivity index (χ4v) is 2.49. The Labute approximate surface area is 146 Å². The zero-order valence-corrected chi connectivity index (χ0v) is 14.0. The first-order valence-corrected chi connectivity index (χ1v) is 7.57. The second-order valence-electron chi connectivity index (χ2n) is 4.50. The van der Waals surface area contributed by atoms with Gasteiger partial charge in [0.2, 0.25) is 0 Å². The predicted molar refractivity (Wildman–Crippen MR) is 90.8 cm³/mol. The third kappa shape index (κ3) is 4.67. The number of thioether (sulfide) groups is 1. The molecule has 0 spiro atoms. The number of methoxy groups -OCH3 is 2.